The van der Waals surface area contributed by atoms with E-state index in [0.717, 1.165) is 16.9 Å². The van der Waals surface area contributed by atoms with Crippen LogP contribution in [0.1, 0.15) is 11.1 Å². The summed E-state index contributed by atoms with van der Waals surface area (Å²) in [5.74, 6) is 0.633. The van der Waals surface area contributed by atoms with E-state index in [9.17, 15) is 4.79 Å². The summed E-state index contributed by atoms with van der Waals surface area (Å²) >= 11 is 1.57. The molecule has 4 nitrogen and oxygen atoms in total. The number of carbonyl (C=O) groups is 1. The second kappa shape index (κ2) is 5.30. The zero-order valence-corrected chi connectivity index (χ0v) is 11.5. The summed E-state index contributed by atoms with van der Waals surface area (Å²) in [6, 6.07) is 9.13. The zero-order chi connectivity index (χ0) is 13.9. The highest BCUT2D eigenvalue weighted by Crippen LogP contribution is 2.21. The lowest BCUT2D eigenvalue weighted by molar-refractivity contribution is -0.129. The van der Waals surface area contributed by atoms with E-state index < -0.39 is 5.97 Å². The van der Waals surface area contributed by atoms with Crippen LogP contribution in [0.2, 0.25) is 0 Å². The van der Waals surface area contributed by atoms with Crippen molar-refractivity contribution in [1.82, 2.24) is 0 Å². The molecule has 0 amide bonds. The Kier molecular flexibility index (Phi) is 3.35. The predicted octanol–water partition coefficient (Wildman–Crippen LogP) is 3.10. The monoisotopic (exact) mass is 285 g/mol. The van der Waals surface area contributed by atoms with Crippen LogP contribution in [0.5, 0.6) is 5.75 Å². The lowest BCUT2D eigenvalue weighted by atomic mass is 10.2. The summed E-state index contributed by atoms with van der Waals surface area (Å²) in [4.78, 5) is 16.0. The SMILES string of the molecule is COc1ccc(C2=NC(=Cc3ccsc3)C(=O)O2)cc1. The van der Waals surface area contributed by atoms with Crippen LogP contribution in [0.25, 0.3) is 6.08 Å². The number of methoxy groups -OCH3 is 1. The van der Waals surface area contributed by atoms with Crippen LogP contribution in [-0.4, -0.2) is 19.0 Å². The molecule has 3 rings (SSSR count). The zero-order valence-electron chi connectivity index (χ0n) is 10.7. The molecule has 2 aromatic rings. The number of benzene rings is 1. The molecule has 0 radical (unpaired) electrons. The maximum absolute atomic E-state index is 11.8. The van der Waals surface area contributed by atoms with E-state index in [0.29, 0.717) is 11.6 Å². The minimum atomic E-state index is -0.429. The quantitative estimate of drug-likeness (QED) is 0.643. The van der Waals surface area contributed by atoms with Crippen molar-refractivity contribution >= 4 is 29.3 Å². The average molecular weight is 285 g/mol. The summed E-state index contributed by atoms with van der Waals surface area (Å²) in [6.07, 6.45) is 1.72. The third-order valence-corrected chi connectivity index (χ3v) is 3.51. The summed E-state index contributed by atoms with van der Waals surface area (Å²) < 4.78 is 10.3. The Morgan fingerprint density at radius 3 is 2.70 bits per heavy atom. The van der Waals surface area contributed by atoms with Gasteiger partial charge in [0.15, 0.2) is 5.70 Å². The highest BCUT2D eigenvalue weighted by Gasteiger charge is 2.24. The molecular weight excluding hydrogens is 274 g/mol. The van der Waals surface area contributed by atoms with Gasteiger partial charge in [-0.3, -0.25) is 0 Å². The predicted molar refractivity (Wildman–Crippen MR) is 77.9 cm³/mol. The number of nitrogens with zero attached hydrogens (tertiary/aromatic N) is 1. The van der Waals surface area contributed by atoms with Crippen molar-refractivity contribution in [3.05, 3.63) is 57.9 Å². The minimum Gasteiger partial charge on any atom is -0.497 e. The molecule has 1 aromatic carbocycles. The fourth-order valence-electron chi connectivity index (χ4n) is 1.78. The molecule has 0 unspecified atom stereocenters. The topological polar surface area (TPSA) is 47.9 Å². The molecule has 0 saturated carbocycles. The van der Waals surface area contributed by atoms with E-state index in [4.69, 9.17) is 9.47 Å². The van der Waals surface area contributed by atoms with Crippen molar-refractivity contribution in [2.24, 2.45) is 4.99 Å². The number of rotatable bonds is 3. The van der Waals surface area contributed by atoms with Gasteiger partial charge in [-0.1, -0.05) is 0 Å². The number of esters is 1. The summed E-state index contributed by atoms with van der Waals surface area (Å²) in [5.41, 5.74) is 2.00. The van der Waals surface area contributed by atoms with Crippen molar-refractivity contribution in [3.8, 4) is 5.75 Å². The van der Waals surface area contributed by atoms with Gasteiger partial charge in [0.1, 0.15) is 5.75 Å². The normalized spacial score (nSPS) is 16.1. The van der Waals surface area contributed by atoms with Gasteiger partial charge in [-0.15, -0.1) is 0 Å². The number of carbonyl (C=O) groups excluding carboxylic acids is 1. The molecule has 1 aliphatic heterocycles. The fourth-order valence-corrected chi connectivity index (χ4v) is 2.40. The van der Waals surface area contributed by atoms with Crippen molar-refractivity contribution in [1.29, 1.82) is 0 Å². The second-order valence-electron chi connectivity index (χ2n) is 4.12. The molecule has 0 bridgehead atoms. The Morgan fingerprint density at radius 1 is 1.25 bits per heavy atom. The summed E-state index contributed by atoms with van der Waals surface area (Å²) in [7, 11) is 1.60. The molecule has 0 fully saturated rings. The fraction of sp³-hybridized carbons (Fsp3) is 0.0667. The van der Waals surface area contributed by atoms with Gasteiger partial charge in [0.25, 0.3) is 0 Å². The first-order chi connectivity index (χ1) is 9.76. The van der Waals surface area contributed by atoms with Gasteiger partial charge in [-0.05, 0) is 52.7 Å². The van der Waals surface area contributed by atoms with Gasteiger partial charge in [-0.2, -0.15) is 11.3 Å². The Labute approximate surface area is 120 Å². The number of thiophene rings is 1. The average Bonchev–Trinajstić information content (AvgIpc) is 3.10. The lowest BCUT2D eigenvalue weighted by Crippen LogP contribution is -2.05. The molecule has 2 heterocycles. The largest absolute Gasteiger partial charge is 0.497 e. The molecule has 0 aliphatic carbocycles. The van der Waals surface area contributed by atoms with E-state index in [1.165, 1.54) is 0 Å². The number of cyclic esters (lactones) is 1. The number of ether oxygens (including phenoxy) is 2. The molecule has 100 valence electrons. The Morgan fingerprint density at radius 2 is 2.05 bits per heavy atom. The summed E-state index contributed by atoms with van der Waals surface area (Å²) in [6.45, 7) is 0. The highest BCUT2D eigenvalue weighted by atomic mass is 32.1. The first-order valence-corrected chi connectivity index (χ1v) is 6.90. The standard InChI is InChI=1S/C15H11NO3S/c1-18-12-4-2-11(3-5-12)14-16-13(15(17)19-14)8-10-6-7-20-9-10/h2-9H,1H3. The number of aliphatic imine (C=N–C) groups is 1. The smallest absolute Gasteiger partial charge is 0.363 e. The third-order valence-electron chi connectivity index (χ3n) is 2.80. The van der Waals surface area contributed by atoms with Gasteiger partial charge in [0.05, 0.1) is 7.11 Å². The molecule has 5 heteroatoms. The van der Waals surface area contributed by atoms with E-state index in [-0.39, 0.29) is 0 Å². The minimum absolute atomic E-state index is 0.314. The van der Waals surface area contributed by atoms with Gasteiger partial charge < -0.3 is 9.47 Å². The molecule has 20 heavy (non-hydrogen) atoms. The van der Waals surface area contributed by atoms with Gasteiger partial charge in [0.2, 0.25) is 5.90 Å². The van der Waals surface area contributed by atoms with Crippen LogP contribution < -0.4 is 4.74 Å². The Hall–Kier alpha value is -2.40. The molecule has 0 atom stereocenters. The van der Waals surface area contributed by atoms with Crippen LogP contribution in [0.4, 0.5) is 0 Å². The van der Waals surface area contributed by atoms with Crippen LogP contribution in [0.15, 0.2) is 51.8 Å². The van der Waals surface area contributed by atoms with E-state index in [1.807, 2.05) is 16.8 Å². The van der Waals surface area contributed by atoms with Crippen molar-refractivity contribution in [2.75, 3.05) is 7.11 Å². The molecule has 1 aromatic heterocycles. The van der Waals surface area contributed by atoms with E-state index in [1.54, 1.807) is 48.8 Å². The third kappa shape index (κ3) is 2.48. The molecule has 0 saturated heterocycles. The van der Waals surface area contributed by atoms with Crippen LogP contribution in [-0.2, 0) is 9.53 Å². The van der Waals surface area contributed by atoms with Crippen LogP contribution >= 0.6 is 11.3 Å². The molecule has 0 spiro atoms. The first kappa shape index (κ1) is 12.6. The van der Waals surface area contributed by atoms with Gasteiger partial charge in [0, 0.05) is 5.56 Å². The van der Waals surface area contributed by atoms with E-state index >= 15 is 0 Å². The maximum atomic E-state index is 11.8. The number of hydrogen-bond donors (Lipinski definition) is 0. The van der Waals surface area contributed by atoms with Crippen molar-refractivity contribution < 1.29 is 14.3 Å². The molecule has 0 N–H and O–H groups in total. The Bertz CT molecular complexity index is 684. The second-order valence-corrected chi connectivity index (χ2v) is 4.90. The van der Waals surface area contributed by atoms with Gasteiger partial charge >= 0.3 is 5.97 Å². The molecular formula is C15H11NO3S. The van der Waals surface area contributed by atoms with Crippen molar-refractivity contribution in [3.63, 3.8) is 0 Å². The van der Waals surface area contributed by atoms with Gasteiger partial charge in [-0.25, -0.2) is 9.79 Å². The van der Waals surface area contributed by atoms with Crippen molar-refractivity contribution in [2.45, 2.75) is 0 Å². The first-order valence-electron chi connectivity index (χ1n) is 5.95. The molecule has 1 aliphatic rings. The van der Waals surface area contributed by atoms with E-state index in [2.05, 4.69) is 4.99 Å². The highest BCUT2D eigenvalue weighted by molar-refractivity contribution is 7.08. The van der Waals surface area contributed by atoms with Crippen LogP contribution in [0, 0.1) is 0 Å². The number of hydrogen-bond acceptors (Lipinski definition) is 5. The van der Waals surface area contributed by atoms with Crippen LogP contribution in [0.3, 0.4) is 0 Å². The Balaban J connectivity index is 1.89. The summed E-state index contributed by atoms with van der Waals surface area (Å²) in [5, 5.41) is 3.89. The maximum Gasteiger partial charge on any atom is 0.363 e. The lowest BCUT2D eigenvalue weighted by Gasteiger charge is -2.01.